The first-order valence-corrected chi connectivity index (χ1v) is 7.80. The Hall–Kier alpha value is -1.56. The highest BCUT2D eigenvalue weighted by Gasteiger charge is 2.17. The van der Waals surface area contributed by atoms with Crippen LogP contribution in [0.4, 0.5) is 0 Å². The van der Waals surface area contributed by atoms with E-state index in [-0.39, 0.29) is 29.9 Å². The molecule has 0 unspecified atom stereocenters. The molecule has 0 aliphatic heterocycles. The van der Waals surface area contributed by atoms with Crippen molar-refractivity contribution in [3.8, 4) is 5.75 Å². The Morgan fingerprint density at radius 2 is 2.00 bits per heavy atom. The topological polar surface area (TPSA) is 75.6 Å². The lowest BCUT2D eigenvalue weighted by molar-refractivity contribution is -0.124. The number of nitrogens with one attached hydrogen (secondary N) is 1. The quantitative estimate of drug-likeness (QED) is 0.851. The van der Waals surface area contributed by atoms with Crippen LogP contribution in [-0.4, -0.2) is 29.6 Å². The van der Waals surface area contributed by atoms with Gasteiger partial charge in [0, 0.05) is 10.5 Å². The predicted molar refractivity (Wildman–Crippen MR) is 81.6 cm³/mol. The van der Waals surface area contributed by atoms with E-state index in [1.165, 1.54) is 12.5 Å². The Morgan fingerprint density at radius 3 is 2.67 bits per heavy atom. The molecule has 0 atom stereocenters. The van der Waals surface area contributed by atoms with Crippen molar-refractivity contribution in [2.45, 2.75) is 38.1 Å². The maximum absolute atomic E-state index is 11.8. The number of rotatable bonds is 5. The number of halogens is 1. The maximum atomic E-state index is 11.8. The van der Waals surface area contributed by atoms with Gasteiger partial charge in [-0.2, -0.15) is 0 Å². The Labute approximate surface area is 131 Å². The van der Waals surface area contributed by atoms with E-state index >= 15 is 0 Å². The van der Waals surface area contributed by atoms with Crippen LogP contribution in [-0.2, 0) is 4.79 Å². The Bertz CT molecular complexity index is 526. The van der Waals surface area contributed by atoms with Crippen molar-refractivity contribution >= 4 is 27.8 Å². The number of carbonyl (C=O) groups excluding carboxylic acids is 1. The first-order chi connectivity index (χ1) is 10.1. The van der Waals surface area contributed by atoms with Gasteiger partial charge < -0.3 is 15.2 Å². The molecule has 114 valence electrons. The van der Waals surface area contributed by atoms with Crippen molar-refractivity contribution in [1.29, 1.82) is 0 Å². The van der Waals surface area contributed by atoms with Crippen LogP contribution >= 0.6 is 15.9 Å². The van der Waals surface area contributed by atoms with Crippen LogP contribution in [0.2, 0.25) is 0 Å². The zero-order valence-electron chi connectivity index (χ0n) is 11.6. The highest BCUT2D eigenvalue weighted by atomic mass is 79.9. The molecule has 0 spiro atoms. The first kappa shape index (κ1) is 15.8. The smallest absolute Gasteiger partial charge is 0.339 e. The lowest BCUT2D eigenvalue weighted by Gasteiger charge is -2.22. The number of aromatic carboxylic acids is 1. The van der Waals surface area contributed by atoms with Crippen molar-refractivity contribution < 1.29 is 19.4 Å². The van der Waals surface area contributed by atoms with Crippen LogP contribution in [0, 0.1) is 0 Å². The van der Waals surface area contributed by atoms with Crippen LogP contribution in [0.5, 0.6) is 5.75 Å². The third-order valence-electron chi connectivity index (χ3n) is 3.50. The third-order valence-corrected chi connectivity index (χ3v) is 3.99. The molecule has 1 aliphatic carbocycles. The second kappa shape index (κ2) is 7.45. The molecule has 1 aromatic rings. The number of carboxylic acid groups (broad SMARTS) is 1. The summed E-state index contributed by atoms with van der Waals surface area (Å²) in [6.45, 7) is -0.168. The number of amides is 1. The predicted octanol–water partition coefficient (Wildman–Crippen LogP) is 2.98. The maximum Gasteiger partial charge on any atom is 0.339 e. The summed E-state index contributed by atoms with van der Waals surface area (Å²) in [5.74, 6) is -1.09. The fraction of sp³-hybridized carbons (Fsp3) is 0.467. The standard InChI is InChI=1S/C15H18BrNO4/c16-10-6-7-13(12(8-10)15(19)20)21-9-14(18)17-11-4-2-1-3-5-11/h6-8,11H,1-5,9H2,(H,17,18)(H,19,20). The fourth-order valence-electron chi connectivity index (χ4n) is 2.45. The van der Waals surface area contributed by atoms with E-state index in [1.54, 1.807) is 12.1 Å². The Morgan fingerprint density at radius 1 is 1.29 bits per heavy atom. The number of carbonyl (C=O) groups is 2. The summed E-state index contributed by atoms with van der Waals surface area (Å²) in [5, 5.41) is 12.0. The monoisotopic (exact) mass is 355 g/mol. The van der Waals surface area contributed by atoms with Gasteiger partial charge in [0.25, 0.3) is 5.91 Å². The van der Waals surface area contributed by atoms with Gasteiger partial charge in [0.1, 0.15) is 11.3 Å². The van der Waals surface area contributed by atoms with Crippen molar-refractivity contribution in [3.63, 3.8) is 0 Å². The Kier molecular flexibility index (Phi) is 5.61. The molecule has 2 rings (SSSR count). The molecule has 1 aromatic carbocycles. The van der Waals surface area contributed by atoms with Gasteiger partial charge in [-0.1, -0.05) is 35.2 Å². The molecular weight excluding hydrogens is 338 g/mol. The lowest BCUT2D eigenvalue weighted by atomic mass is 9.95. The van der Waals surface area contributed by atoms with E-state index in [0.29, 0.717) is 4.47 Å². The molecule has 0 saturated heterocycles. The fourth-order valence-corrected chi connectivity index (χ4v) is 2.82. The molecule has 0 radical (unpaired) electrons. The van der Waals surface area contributed by atoms with E-state index in [4.69, 9.17) is 9.84 Å². The number of benzene rings is 1. The number of carboxylic acids is 1. The molecule has 0 heterocycles. The summed E-state index contributed by atoms with van der Waals surface area (Å²) in [7, 11) is 0. The van der Waals surface area contributed by atoms with Gasteiger partial charge in [-0.05, 0) is 31.0 Å². The highest BCUT2D eigenvalue weighted by Crippen LogP contribution is 2.23. The molecule has 21 heavy (non-hydrogen) atoms. The van der Waals surface area contributed by atoms with E-state index < -0.39 is 5.97 Å². The van der Waals surface area contributed by atoms with Crippen LogP contribution < -0.4 is 10.1 Å². The van der Waals surface area contributed by atoms with Gasteiger partial charge >= 0.3 is 5.97 Å². The third kappa shape index (κ3) is 4.74. The van der Waals surface area contributed by atoms with Gasteiger partial charge in [0.2, 0.25) is 0 Å². The summed E-state index contributed by atoms with van der Waals surface area (Å²) >= 11 is 3.21. The SMILES string of the molecule is O=C(COc1ccc(Br)cc1C(=O)O)NC1CCCCC1. The van der Waals surface area contributed by atoms with E-state index in [0.717, 1.165) is 25.7 Å². The second-order valence-corrected chi connectivity index (χ2v) is 6.05. The second-order valence-electron chi connectivity index (χ2n) is 5.14. The van der Waals surface area contributed by atoms with Crippen molar-refractivity contribution in [2.24, 2.45) is 0 Å². The summed E-state index contributed by atoms with van der Waals surface area (Å²) in [6.07, 6.45) is 5.52. The van der Waals surface area contributed by atoms with Gasteiger partial charge in [-0.15, -0.1) is 0 Å². The van der Waals surface area contributed by atoms with E-state index in [1.807, 2.05) is 0 Å². The minimum Gasteiger partial charge on any atom is -0.483 e. The first-order valence-electron chi connectivity index (χ1n) is 7.01. The molecular formula is C15H18BrNO4. The zero-order valence-corrected chi connectivity index (χ0v) is 13.2. The molecule has 6 heteroatoms. The van der Waals surface area contributed by atoms with Crippen LogP contribution in [0.25, 0.3) is 0 Å². The van der Waals surface area contributed by atoms with Crippen LogP contribution in [0.15, 0.2) is 22.7 Å². The van der Waals surface area contributed by atoms with Gasteiger partial charge in [0.05, 0.1) is 0 Å². The highest BCUT2D eigenvalue weighted by molar-refractivity contribution is 9.10. The van der Waals surface area contributed by atoms with Gasteiger partial charge in [-0.25, -0.2) is 4.79 Å². The summed E-state index contributed by atoms with van der Waals surface area (Å²) in [6, 6.07) is 4.90. The van der Waals surface area contributed by atoms with Crippen molar-refractivity contribution in [1.82, 2.24) is 5.32 Å². The number of ether oxygens (including phenoxy) is 1. The lowest BCUT2D eigenvalue weighted by Crippen LogP contribution is -2.39. The minimum atomic E-state index is -1.08. The van der Waals surface area contributed by atoms with Crippen molar-refractivity contribution in [2.75, 3.05) is 6.61 Å². The molecule has 0 bridgehead atoms. The molecule has 1 fully saturated rings. The van der Waals surface area contributed by atoms with Crippen LogP contribution in [0.1, 0.15) is 42.5 Å². The summed E-state index contributed by atoms with van der Waals surface area (Å²) in [5.41, 5.74) is 0.0369. The largest absolute Gasteiger partial charge is 0.483 e. The van der Waals surface area contributed by atoms with E-state index in [9.17, 15) is 9.59 Å². The number of hydrogen-bond acceptors (Lipinski definition) is 3. The molecule has 1 saturated carbocycles. The van der Waals surface area contributed by atoms with Gasteiger partial charge in [0.15, 0.2) is 6.61 Å². The summed E-state index contributed by atoms with van der Waals surface area (Å²) in [4.78, 5) is 23.0. The van der Waals surface area contributed by atoms with Crippen LogP contribution in [0.3, 0.4) is 0 Å². The number of hydrogen-bond donors (Lipinski definition) is 2. The molecule has 1 aliphatic rings. The normalized spacial score (nSPS) is 15.5. The molecule has 1 amide bonds. The average Bonchev–Trinajstić information content (AvgIpc) is 2.47. The summed E-state index contributed by atoms with van der Waals surface area (Å²) < 4.78 is 5.99. The van der Waals surface area contributed by atoms with Gasteiger partial charge in [-0.3, -0.25) is 4.79 Å². The molecule has 5 nitrogen and oxygen atoms in total. The molecule has 0 aromatic heterocycles. The Balaban J connectivity index is 1.90. The minimum absolute atomic E-state index is 0.0369. The molecule has 2 N–H and O–H groups in total. The zero-order chi connectivity index (χ0) is 15.2. The average molecular weight is 356 g/mol. The van der Waals surface area contributed by atoms with Crippen molar-refractivity contribution in [3.05, 3.63) is 28.2 Å². The van der Waals surface area contributed by atoms with E-state index in [2.05, 4.69) is 21.2 Å².